The lowest BCUT2D eigenvalue weighted by Crippen LogP contribution is -1.91. The molecule has 0 aliphatic rings. The Morgan fingerprint density at radius 3 is 2.17 bits per heavy atom. The molecule has 0 aliphatic carbocycles. The normalized spacial score (nSPS) is 9.75. The number of rotatable bonds is 9. The van der Waals surface area contributed by atoms with Gasteiger partial charge in [0, 0.05) is 0 Å². The molecule has 0 saturated heterocycles. The van der Waals surface area contributed by atoms with Crippen LogP contribution in [-0.2, 0) is 9.53 Å². The van der Waals surface area contributed by atoms with Crippen LogP contribution in [0.4, 0.5) is 0 Å². The second-order valence-electron chi connectivity index (χ2n) is 2.91. The van der Waals surface area contributed by atoms with Crippen LogP contribution in [-0.4, -0.2) is 13.1 Å². The summed E-state index contributed by atoms with van der Waals surface area (Å²) in [6, 6.07) is 0. The average molecular weight is 170 g/mol. The van der Waals surface area contributed by atoms with Crippen molar-refractivity contribution in [2.75, 3.05) is 6.61 Å². The maximum Gasteiger partial charge on any atom is 0.417 e. The predicted octanol–water partition coefficient (Wildman–Crippen LogP) is 2.63. The largest absolute Gasteiger partial charge is 0.457 e. The minimum absolute atomic E-state index is 0.527. The summed E-state index contributed by atoms with van der Waals surface area (Å²) in [6.45, 7) is 5.73. The van der Waals surface area contributed by atoms with E-state index in [-0.39, 0.29) is 0 Å². The highest BCUT2D eigenvalue weighted by Gasteiger charge is 1.90. The Bertz CT molecular complexity index is 91.8. The van der Waals surface area contributed by atoms with Gasteiger partial charge < -0.3 is 4.74 Å². The van der Waals surface area contributed by atoms with Crippen molar-refractivity contribution >= 4 is 6.47 Å². The minimum atomic E-state index is 0.527. The monoisotopic (exact) mass is 170 g/mol. The molecule has 0 amide bonds. The SMILES string of the molecule is [CH2]CCCCCCCCO[C]=O. The van der Waals surface area contributed by atoms with Gasteiger partial charge in [0.2, 0.25) is 0 Å². The fourth-order valence-electron chi connectivity index (χ4n) is 1.10. The van der Waals surface area contributed by atoms with Crippen LogP contribution in [0.2, 0.25) is 0 Å². The van der Waals surface area contributed by atoms with Crippen LogP contribution in [0.25, 0.3) is 0 Å². The van der Waals surface area contributed by atoms with Gasteiger partial charge in [-0.25, -0.2) is 4.79 Å². The van der Waals surface area contributed by atoms with Gasteiger partial charge in [-0.1, -0.05) is 45.4 Å². The molecule has 0 saturated carbocycles. The lowest BCUT2D eigenvalue weighted by molar-refractivity contribution is 0.268. The first kappa shape index (κ1) is 11.5. The summed E-state index contributed by atoms with van der Waals surface area (Å²) in [4.78, 5) is 9.62. The maximum atomic E-state index is 9.62. The number of unbranched alkanes of at least 4 members (excludes halogenated alkanes) is 6. The Kier molecular flexibility index (Phi) is 10.0. The number of carbonyl (C=O) groups excluding carboxylic acids is 1. The first-order valence-electron chi connectivity index (χ1n) is 4.70. The smallest absolute Gasteiger partial charge is 0.417 e. The van der Waals surface area contributed by atoms with Crippen LogP contribution in [0, 0.1) is 6.92 Å². The summed E-state index contributed by atoms with van der Waals surface area (Å²) in [5, 5.41) is 0. The molecule has 0 N–H and O–H groups in total. The highest BCUT2D eigenvalue weighted by molar-refractivity contribution is 5.37. The summed E-state index contributed by atoms with van der Waals surface area (Å²) in [5.41, 5.74) is 0. The van der Waals surface area contributed by atoms with Gasteiger partial charge >= 0.3 is 6.47 Å². The van der Waals surface area contributed by atoms with Crippen LogP contribution in [0.15, 0.2) is 0 Å². The number of hydrogen-bond donors (Lipinski definition) is 0. The molecule has 0 aliphatic heterocycles. The van der Waals surface area contributed by atoms with Gasteiger partial charge in [0.15, 0.2) is 0 Å². The quantitative estimate of drug-likeness (QED) is 0.497. The third-order valence-corrected chi connectivity index (χ3v) is 1.81. The molecule has 0 spiro atoms. The minimum Gasteiger partial charge on any atom is -0.457 e. The Morgan fingerprint density at radius 1 is 1.00 bits per heavy atom. The zero-order valence-electron chi connectivity index (χ0n) is 7.68. The van der Waals surface area contributed by atoms with Crippen molar-refractivity contribution in [3.63, 3.8) is 0 Å². The third-order valence-electron chi connectivity index (χ3n) is 1.81. The van der Waals surface area contributed by atoms with Gasteiger partial charge in [-0.05, 0) is 6.42 Å². The van der Waals surface area contributed by atoms with Gasteiger partial charge in [-0.15, -0.1) is 0 Å². The first-order chi connectivity index (χ1) is 5.91. The van der Waals surface area contributed by atoms with Gasteiger partial charge in [-0.3, -0.25) is 0 Å². The fourth-order valence-corrected chi connectivity index (χ4v) is 1.10. The van der Waals surface area contributed by atoms with Crippen molar-refractivity contribution in [1.29, 1.82) is 0 Å². The Morgan fingerprint density at radius 2 is 1.58 bits per heavy atom. The lowest BCUT2D eigenvalue weighted by Gasteiger charge is -1.99. The zero-order valence-corrected chi connectivity index (χ0v) is 7.68. The molecular weight excluding hydrogens is 152 g/mol. The summed E-state index contributed by atoms with van der Waals surface area (Å²) in [5.74, 6) is 0. The van der Waals surface area contributed by atoms with E-state index >= 15 is 0 Å². The molecule has 2 nitrogen and oxygen atoms in total. The Labute approximate surface area is 75.3 Å². The molecule has 0 aromatic rings. The first-order valence-corrected chi connectivity index (χ1v) is 4.70. The molecule has 2 heteroatoms. The molecule has 0 aromatic carbocycles. The van der Waals surface area contributed by atoms with E-state index in [0.717, 1.165) is 19.3 Å². The fraction of sp³-hybridized carbons (Fsp3) is 0.800. The Balaban J connectivity index is 2.77. The summed E-state index contributed by atoms with van der Waals surface area (Å²) in [7, 11) is 0. The number of ether oxygens (including phenoxy) is 1. The molecule has 0 fully saturated rings. The highest BCUT2D eigenvalue weighted by Crippen LogP contribution is 2.06. The van der Waals surface area contributed by atoms with Crippen LogP contribution in [0.5, 0.6) is 0 Å². The van der Waals surface area contributed by atoms with Gasteiger partial charge in [0.05, 0.1) is 6.61 Å². The maximum absolute atomic E-state index is 9.62. The molecule has 12 heavy (non-hydrogen) atoms. The van der Waals surface area contributed by atoms with E-state index in [4.69, 9.17) is 0 Å². The van der Waals surface area contributed by atoms with Gasteiger partial charge in [0.25, 0.3) is 0 Å². The lowest BCUT2D eigenvalue weighted by atomic mass is 10.1. The van der Waals surface area contributed by atoms with E-state index < -0.39 is 0 Å². The molecule has 0 heterocycles. The highest BCUT2D eigenvalue weighted by atomic mass is 16.5. The van der Waals surface area contributed by atoms with Gasteiger partial charge in [-0.2, -0.15) is 0 Å². The van der Waals surface area contributed by atoms with Crippen molar-refractivity contribution in [2.24, 2.45) is 0 Å². The van der Waals surface area contributed by atoms with E-state index in [1.54, 1.807) is 0 Å². The van der Waals surface area contributed by atoms with Crippen molar-refractivity contribution in [3.8, 4) is 0 Å². The summed E-state index contributed by atoms with van der Waals surface area (Å²) in [6.07, 6.45) is 8.20. The van der Waals surface area contributed by atoms with E-state index in [1.165, 1.54) is 32.2 Å². The topological polar surface area (TPSA) is 26.3 Å². The van der Waals surface area contributed by atoms with Crippen LogP contribution < -0.4 is 0 Å². The average Bonchev–Trinajstić information content (AvgIpc) is 2.10. The molecule has 0 aromatic heterocycles. The van der Waals surface area contributed by atoms with Crippen LogP contribution >= 0.6 is 0 Å². The molecule has 2 radical (unpaired) electrons. The van der Waals surface area contributed by atoms with Crippen molar-refractivity contribution in [3.05, 3.63) is 6.92 Å². The van der Waals surface area contributed by atoms with E-state index in [2.05, 4.69) is 11.7 Å². The van der Waals surface area contributed by atoms with E-state index in [1.807, 2.05) is 0 Å². The second kappa shape index (κ2) is 10.5. The standard InChI is InChI=1S/C10H18O2/c1-2-3-4-5-6-7-8-9-12-10-11/h1-9H2. The molecule has 0 rings (SSSR count). The van der Waals surface area contributed by atoms with E-state index in [9.17, 15) is 4.79 Å². The Hall–Kier alpha value is -0.530. The van der Waals surface area contributed by atoms with Crippen molar-refractivity contribution in [1.82, 2.24) is 0 Å². The van der Waals surface area contributed by atoms with Crippen molar-refractivity contribution < 1.29 is 9.53 Å². The molecular formula is C10H18O2. The molecule has 70 valence electrons. The number of hydrogen-bond acceptors (Lipinski definition) is 2. The zero-order chi connectivity index (χ0) is 9.07. The molecule has 0 bridgehead atoms. The van der Waals surface area contributed by atoms with E-state index in [0.29, 0.717) is 6.61 Å². The third kappa shape index (κ3) is 9.47. The van der Waals surface area contributed by atoms with Crippen molar-refractivity contribution in [2.45, 2.75) is 44.9 Å². The van der Waals surface area contributed by atoms with Crippen LogP contribution in [0.3, 0.4) is 0 Å². The predicted molar refractivity (Wildman–Crippen MR) is 49.3 cm³/mol. The van der Waals surface area contributed by atoms with Crippen LogP contribution in [0.1, 0.15) is 44.9 Å². The molecule has 0 atom stereocenters. The van der Waals surface area contributed by atoms with Gasteiger partial charge in [0.1, 0.15) is 0 Å². The molecule has 0 unspecified atom stereocenters. The summed E-state index contributed by atoms with van der Waals surface area (Å²) >= 11 is 0. The summed E-state index contributed by atoms with van der Waals surface area (Å²) < 4.78 is 4.45. The second-order valence-corrected chi connectivity index (χ2v) is 2.91.